The number of esters is 1. The van der Waals surface area contributed by atoms with E-state index in [9.17, 15) is 4.79 Å². The first-order valence-electron chi connectivity index (χ1n) is 14.5. The highest BCUT2D eigenvalue weighted by Crippen LogP contribution is 2.57. The molecule has 0 amide bonds. The van der Waals surface area contributed by atoms with Gasteiger partial charge in [0, 0.05) is 57.9 Å². The van der Waals surface area contributed by atoms with E-state index in [1.165, 1.54) is 19.3 Å². The summed E-state index contributed by atoms with van der Waals surface area (Å²) in [5.74, 6) is 1.07. The highest BCUT2D eigenvalue weighted by atomic mass is 35.5. The van der Waals surface area contributed by atoms with Crippen molar-refractivity contribution in [1.29, 1.82) is 0 Å². The minimum atomic E-state index is -1.11. The lowest BCUT2D eigenvalue weighted by Crippen LogP contribution is -2.33. The zero-order valence-corrected chi connectivity index (χ0v) is 24.6. The SMILES string of the molecule is CCCCCCN(CC)c1ccc2c(c1)Oc1cc(C)c(Nc3ccc(Cl)cc3)cc1C21OC(=O)c2ccccc21. The van der Waals surface area contributed by atoms with Crippen LogP contribution in [0.25, 0.3) is 0 Å². The Kier molecular flexibility index (Phi) is 7.39. The first-order valence-corrected chi connectivity index (χ1v) is 14.9. The van der Waals surface area contributed by atoms with Crippen molar-refractivity contribution in [3.8, 4) is 11.5 Å². The third-order valence-corrected chi connectivity index (χ3v) is 8.45. The molecule has 0 saturated heterocycles. The Bertz CT molecular complexity index is 1600. The normalized spacial score (nSPS) is 16.4. The molecule has 2 aliphatic heterocycles. The smallest absolute Gasteiger partial charge is 0.340 e. The van der Waals surface area contributed by atoms with Gasteiger partial charge in [0.15, 0.2) is 5.60 Å². The third-order valence-electron chi connectivity index (χ3n) is 8.19. The fourth-order valence-electron chi connectivity index (χ4n) is 6.03. The summed E-state index contributed by atoms with van der Waals surface area (Å²) in [5.41, 5.74) is 5.85. The van der Waals surface area contributed by atoms with Crippen molar-refractivity contribution in [1.82, 2.24) is 0 Å². The fraction of sp³-hybridized carbons (Fsp3) is 0.286. The second-order valence-corrected chi connectivity index (χ2v) is 11.3. The number of nitrogens with zero attached hydrogens (tertiary/aromatic N) is 1. The molecule has 1 atom stereocenters. The van der Waals surface area contributed by atoms with Crippen molar-refractivity contribution in [3.05, 3.63) is 112 Å². The van der Waals surface area contributed by atoms with Crippen molar-refractivity contribution >= 4 is 34.6 Å². The van der Waals surface area contributed by atoms with Gasteiger partial charge >= 0.3 is 5.97 Å². The number of halogens is 1. The lowest BCUT2D eigenvalue weighted by molar-refractivity contribution is 0.0224. The molecule has 0 fully saturated rings. The van der Waals surface area contributed by atoms with E-state index >= 15 is 0 Å². The van der Waals surface area contributed by atoms with Gasteiger partial charge in [0.05, 0.1) is 5.56 Å². The summed E-state index contributed by atoms with van der Waals surface area (Å²) in [7, 11) is 0. The number of nitrogens with one attached hydrogen (secondary N) is 1. The largest absolute Gasteiger partial charge is 0.456 e. The van der Waals surface area contributed by atoms with E-state index < -0.39 is 5.60 Å². The molecule has 0 aromatic heterocycles. The molecule has 1 unspecified atom stereocenters. The number of carbonyl (C=O) groups excluding carboxylic acids is 1. The third kappa shape index (κ3) is 4.82. The summed E-state index contributed by atoms with van der Waals surface area (Å²) in [5, 5.41) is 4.19. The number of anilines is 3. The molecular formula is C35H35ClN2O3. The molecule has 41 heavy (non-hydrogen) atoms. The minimum Gasteiger partial charge on any atom is -0.456 e. The molecule has 1 spiro atoms. The molecule has 0 saturated carbocycles. The van der Waals surface area contributed by atoms with Gasteiger partial charge in [-0.2, -0.15) is 0 Å². The molecule has 5 nitrogen and oxygen atoms in total. The van der Waals surface area contributed by atoms with E-state index in [0.717, 1.165) is 58.8 Å². The standard InChI is InChI=1S/C35H35ClN2O3/c1-4-6-7-10-19-38(5-2)26-17-18-29-33(21-26)40-32-20-23(3)31(37-25-15-13-24(36)14-16-25)22-30(32)35(29)28-12-9-8-11-27(28)34(39)41-35/h8-9,11-18,20-22,37H,4-7,10,19H2,1-3H3. The molecule has 0 bridgehead atoms. The topological polar surface area (TPSA) is 50.8 Å². The van der Waals surface area contributed by atoms with Gasteiger partial charge in [-0.1, -0.05) is 56.0 Å². The Balaban J connectivity index is 1.47. The number of ether oxygens (including phenoxy) is 2. The van der Waals surface area contributed by atoms with E-state index in [1.54, 1.807) is 0 Å². The van der Waals surface area contributed by atoms with Gasteiger partial charge in [0.25, 0.3) is 0 Å². The van der Waals surface area contributed by atoms with Gasteiger partial charge in [0.2, 0.25) is 0 Å². The summed E-state index contributed by atoms with van der Waals surface area (Å²) in [6.07, 6.45) is 4.85. The Morgan fingerprint density at radius 1 is 0.854 bits per heavy atom. The van der Waals surface area contributed by atoms with Crippen molar-refractivity contribution in [2.75, 3.05) is 23.3 Å². The monoisotopic (exact) mass is 566 g/mol. The first-order chi connectivity index (χ1) is 19.9. The van der Waals surface area contributed by atoms with Crippen LogP contribution in [-0.4, -0.2) is 19.1 Å². The summed E-state index contributed by atoms with van der Waals surface area (Å²) < 4.78 is 13.0. The molecule has 6 heteroatoms. The Morgan fingerprint density at radius 3 is 2.41 bits per heavy atom. The second-order valence-electron chi connectivity index (χ2n) is 10.8. The van der Waals surface area contributed by atoms with Gasteiger partial charge in [-0.25, -0.2) is 4.79 Å². The molecule has 1 N–H and O–H groups in total. The zero-order chi connectivity index (χ0) is 28.6. The molecular weight excluding hydrogens is 532 g/mol. The van der Waals surface area contributed by atoms with Gasteiger partial charge in [-0.3, -0.25) is 0 Å². The van der Waals surface area contributed by atoms with Crippen molar-refractivity contribution in [2.24, 2.45) is 0 Å². The van der Waals surface area contributed by atoms with Crippen LogP contribution >= 0.6 is 11.6 Å². The van der Waals surface area contributed by atoms with E-state index in [4.69, 9.17) is 21.1 Å². The highest BCUT2D eigenvalue weighted by Gasteiger charge is 2.53. The van der Waals surface area contributed by atoms with Crippen LogP contribution in [0.4, 0.5) is 17.1 Å². The summed E-state index contributed by atoms with van der Waals surface area (Å²) in [6, 6.07) is 25.7. The average molecular weight is 567 g/mol. The molecule has 0 radical (unpaired) electrons. The predicted octanol–water partition coefficient (Wildman–Crippen LogP) is 9.37. The Morgan fingerprint density at radius 2 is 1.63 bits per heavy atom. The van der Waals surface area contributed by atoms with Crippen LogP contribution in [0.3, 0.4) is 0 Å². The molecule has 4 aromatic rings. The van der Waals surface area contributed by atoms with Crippen LogP contribution in [0, 0.1) is 6.92 Å². The number of fused-ring (bicyclic) bond motifs is 6. The van der Waals surface area contributed by atoms with Crippen molar-refractivity contribution in [2.45, 2.75) is 52.1 Å². The maximum absolute atomic E-state index is 13.3. The summed E-state index contributed by atoms with van der Waals surface area (Å²) >= 11 is 6.11. The van der Waals surface area contributed by atoms with Crippen LogP contribution in [-0.2, 0) is 10.3 Å². The van der Waals surface area contributed by atoms with E-state index in [1.807, 2.05) is 61.5 Å². The van der Waals surface area contributed by atoms with Gasteiger partial charge in [0.1, 0.15) is 11.5 Å². The number of hydrogen-bond acceptors (Lipinski definition) is 5. The summed E-state index contributed by atoms with van der Waals surface area (Å²) in [4.78, 5) is 15.7. The predicted molar refractivity (Wildman–Crippen MR) is 166 cm³/mol. The number of unbranched alkanes of at least 4 members (excludes halogenated alkanes) is 3. The van der Waals surface area contributed by atoms with Crippen LogP contribution in [0.15, 0.2) is 78.9 Å². The fourth-order valence-corrected chi connectivity index (χ4v) is 6.15. The van der Waals surface area contributed by atoms with Crippen LogP contribution in [0.5, 0.6) is 11.5 Å². The quantitative estimate of drug-likeness (QED) is 0.161. The Labute approximate surface area is 247 Å². The number of hydrogen-bond donors (Lipinski definition) is 1. The average Bonchev–Trinajstić information content (AvgIpc) is 3.27. The Hall–Kier alpha value is -3.96. The zero-order valence-electron chi connectivity index (χ0n) is 23.8. The molecule has 210 valence electrons. The van der Waals surface area contributed by atoms with Gasteiger partial charge in [-0.15, -0.1) is 0 Å². The maximum Gasteiger partial charge on any atom is 0.340 e. The van der Waals surface area contributed by atoms with Crippen LogP contribution in [0.1, 0.15) is 72.1 Å². The number of benzene rings is 4. The van der Waals surface area contributed by atoms with E-state index in [0.29, 0.717) is 22.1 Å². The molecule has 4 aromatic carbocycles. The van der Waals surface area contributed by atoms with E-state index in [-0.39, 0.29) is 5.97 Å². The molecule has 2 heterocycles. The van der Waals surface area contributed by atoms with Crippen molar-refractivity contribution in [3.63, 3.8) is 0 Å². The van der Waals surface area contributed by atoms with Crippen molar-refractivity contribution < 1.29 is 14.3 Å². The van der Waals surface area contributed by atoms with E-state index in [2.05, 4.69) is 48.3 Å². The van der Waals surface area contributed by atoms with Gasteiger partial charge in [-0.05, 0) is 80.4 Å². The molecule has 0 aliphatic carbocycles. The molecule has 2 aliphatic rings. The second kappa shape index (κ2) is 11.1. The highest BCUT2D eigenvalue weighted by molar-refractivity contribution is 6.30. The lowest BCUT2D eigenvalue weighted by atomic mass is 9.77. The first kappa shape index (κ1) is 27.2. The molecule has 6 rings (SSSR count). The van der Waals surface area contributed by atoms with Gasteiger partial charge < -0.3 is 19.7 Å². The number of aryl methyl sites for hydroxylation is 1. The van der Waals surface area contributed by atoms with Crippen LogP contribution in [0.2, 0.25) is 5.02 Å². The maximum atomic E-state index is 13.3. The lowest BCUT2D eigenvalue weighted by Gasteiger charge is -2.38. The number of carbonyl (C=O) groups is 1. The van der Waals surface area contributed by atoms with Crippen LogP contribution < -0.4 is 15.0 Å². The summed E-state index contributed by atoms with van der Waals surface area (Å²) in [6.45, 7) is 8.37. The minimum absolute atomic E-state index is 0.331. The number of rotatable bonds is 9.